The highest BCUT2D eigenvalue weighted by molar-refractivity contribution is 5.94. The van der Waals surface area contributed by atoms with Crippen LogP contribution in [-0.4, -0.2) is 81.9 Å². The van der Waals surface area contributed by atoms with Gasteiger partial charge in [-0.05, 0) is 45.0 Å². The molecule has 0 radical (unpaired) electrons. The third-order valence-electron chi connectivity index (χ3n) is 6.64. The zero-order valence-corrected chi connectivity index (χ0v) is 24.7. The Balaban J connectivity index is 1.47. The number of aromatic nitrogens is 4. The summed E-state index contributed by atoms with van der Waals surface area (Å²) in [5, 5.41) is 2.46. The monoisotopic (exact) mass is 611 g/mol. The molecule has 0 atom stereocenters. The maximum Gasteiger partial charge on any atom is 0.410 e. The molecule has 4 aromatic rings. The molecule has 0 spiro atoms. The van der Waals surface area contributed by atoms with Gasteiger partial charge in [0.25, 0.3) is 6.43 Å². The number of ether oxygens (including phenoxy) is 2. The summed E-state index contributed by atoms with van der Waals surface area (Å²) in [5.74, 6) is -1.50. The Morgan fingerprint density at radius 3 is 2.48 bits per heavy atom. The van der Waals surface area contributed by atoms with Gasteiger partial charge in [0.2, 0.25) is 11.9 Å². The number of rotatable bonds is 7. The number of benzene rings is 2. The van der Waals surface area contributed by atoms with Crippen LogP contribution in [0.5, 0.6) is 0 Å². The van der Waals surface area contributed by atoms with Crippen LogP contribution in [0.3, 0.4) is 0 Å². The van der Waals surface area contributed by atoms with Gasteiger partial charge in [0.05, 0.1) is 35.6 Å². The molecule has 44 heavy (non-hydrogen) atoms. The molecule has 14 heteroatoms. The fraction of sp³-hybridized carbons (Fsp3) is 0.367. The highest BCUT2D eigenvalue weighted by Gasteiger charge is 2.25. The van der Waals surface area contributed by atoms with Crippen molar-refractivity contribution < 1.29 is 32.2 Å². The summed E-state index contributed by atoms with van der Waals surface area (Å²) in [6, 6.07) is 12.4. The minimum atomic E-state index is -2.91. The number of para-hydroxylation sites is 2. The van der Waals surface area contributed by atoms with E-state index in [1.54, 1.807) is 57.2 Å². The van der Waals surface area contributed by atoms with E-state index in [1.165, 1.54) is 23.7 Å². The van der Waals surface area contributed by atoms with Crippen LogP contribution in [0.4, 0.5) is 29.5 Å². The number of hydrogen-bond acceptors (Lipinski definition) is 8. The Morgan fingerprint density at radius 1 is 1.07 bits per heavy atom. The van der Waals surface area contributed by atoms with E-state index in [4.69, 9.17) is 9.47 Å². The predicted octanol–water partition coefficient (Wildman–Crippen LogP) is 5.20. The Labute approximate surface area is 251 Å². The predicted molar refractivity (Wildman–Crippen MR) is 158 cm³/mol. The third-order valence-corrected chi connectivity index (χ3v) is 6.64. The summed E-state index contributed by atoms with van der Waals surface area (Å²) >= 11 is 0. The first-order valence-corrected chi connectivity index (χ1v) is 13.9. The number of imidazole rings is 1. The smallest absolute Gasteiger partial charge is 0.410 e. The van der Waals surface area contributed by atoms with Crippen LogP contribution in [0.25, 0.3) is 28.2 Å². The largest absolute Gasteiger partial charge is 0.444 e. The zero-order chi connectivity index (χ0) is 31.6. The minimum absolute atomic E-state index is 0.0454. The van der Waals surface area contributed by atoms with Crippen molar-refractivity contribution in [2.75, 3.05) is 50.1 Å². The van der Waals surface area contributed by atoms with Crippen LogP contribution in [0.1, 0.15) is 33.0 Å². The number of alkyl halides is 2. The van der Waals surface area contributed by atoms with Crippen LogP contribution in [-0.2, 0) is 14.3 Å². The maximum atomic E-state index is 15.3. The Morgan fingerprint density at radius 2 is 1.80 bits per heavy atom. The molecule has 0 aliphatic carbocycles. The number of likely N-dealkylation sites (N-methyl/N-ethyl adjacent to an activating group) is 1. The van der Waals surface area contributed by atoms with Gasteiger partial charge in [-0.2, -0.15) is 4.98 Å². The zero-order valence-electron chi connectivity index (χ0n) is 24.7. The number of nitrogens with zero attached hydrogens (tertiary/aromatic N) is 6. The first kappa shape index (κ1) is 30.7. The van der Waals surface area contributed by atoms with E-state index in [2.05, 4.69) is 20.3 Å². The van der Waals surface area contributed by atoms with Crippen LogP contribution in [0.2, 0.25) is 0 Å². The molecule has 0 saturated carbocycles. The van der Waals surface area contributed by atoms with E-state index in [1.807, 2.05) is 4.90 Å². The van der Waals surface area contributed by atoms with E-state index < -0.39 is 35.7 Å². The number of hydrogen-bond donors (Lipinski definition) is 1. The molecular weight excluding hydrogens is 579 g/mol. The van der Waals surface area contributed by atoms with Gasteiger partial charge in [-0.3, -0.25) is 9.36 Å². The summed E-state index contributed by atoms with van der Waals surface area (Å²) in [6.45, 7) is 6.69. The highest BCUT2D eigenvalue weighted by atomic mass is 19.3. The molecule has 1 fully saturated rings. The summed E-state index contributed by atoms with van der Waals surface area (Å²) in [4.78, 5) is 41.0. The summed E-state index contributed by atoms with van der Waals surface area (Å²) < 4.78 is 55.5. The second kappa shape index (κ2) is 12.5. The molecule has 2 amide bonds. The molecule has 11 nitrogen and oxygen atoms in total. The van der Waals surface area contributed by atoms with Crippen LogP contribution >= 0.6 is 0 Å². The van der Waals surface area contributed by atoms with Crippen molar-refractivity contribution >= 4 is 34.5 Å². The van der Waals surface area contributed by atoms with Crippen LogP contribution in [0, 0.1) is 5.82 Å². The maximum absolute atomic E-state index is 15.3. The van der Waals surface area contributed by atoms with Gasteiger partial charge in [-0.15, -0.1) is 0 Å². The number of nitrogens with one attached hydrogen (secondary N) is 1. The van der Waals surface area contributed by atoms with Crippen molar-refractivity contribution in [2.24, 2.45) is 0 Å². The number of halogens is 3. The Hall–Kier alpha value is -4.72. The fourth-order valence-corrected chi connectivity index (χ4v) is 4.61. The van der Waals surface area contributed by atoms with Crippen molar-refractivity contribution in [3.63, 3.8) is 0 Å². The topological polar surface area (TPSA) is 115 Å². The lowest BCUT2D eigenvalue weighted by molar-refractivity contribution is -0.117. The normalized spacial score (nSPS) is 13.8. The van der Waals surface area contributed by atoms with Crippen molar-refractivity contribution in [2.45, 2.75) is 32.8 Å². The van der Waals surface area contributed by atoms with E-state index in [-0.39, 0.29) is 23.9 Å². The average molecular weight is 612 g/mol. The number of amides is 2. The summed E-state index contributed by atoms with van der Waals surface area (Å²) in [7, 11) is 1.40. The first-order valence-electron chi connectivity index (χ1n) is 13.9. The van der Waals surface area contributed by atoms with Crippen molar-refractivity contribution in [1.82, 2.24) is 24.4 Å². The average Bonchev–Trinajstić information content (AvgIpc) is 3.38. The lowest BCUT2D eigenvalue weighted by Crippen LogP contribution is -2.38. The first-order chi connectivity index (χ1) is 20.9. The molecule has 0 unspecified atom stereocenters. The van der Waals surface area contributed by atoms with Gasteiger partial charge < -0.3 is 24.6 Å². The van der Waals surface area contributed by atoms with Crippen molar-refractivity contribution in [3.05, 3.63) is 60.2 Å². The van der Waals surface area contributed by atoms with E-state index in [9.17, 15) is 18.4 Å². The van der Waals surface area contributed by atoms with E-state index in [0.717, 1.165) is 4.90 Å². The van der Waals surface area contributed by atoms with Crippen LogP contribution in [0.15, 0.2) is 48.5 Å². The van der Waals surface area contributed by atoms with Gasteiger partial charge in [0.15, 0.2) is 5.82 Å². The molecule has 5 rings (SSSR count). The number of anilines is 2. The minimum Gasteiger partial charge on any atom is -0.444 e. The quantitative estimate of drug-likeness (QED) is 0.303. The molecule has 1 saturated heterocycles. The molecule has 0 bridgehead atoms. The number of fused-ring (bicyclic) bond motifs is 1. The second-order valence-electron chi connectivity index (χ2n) is 11.2. The number of carbonyl (C=O) groups excluding carboxylic acids is 2. The van der Waals surface area contributed by atoms with Crippen molar-refractivity contribution in [1.29, 1.82) is 0 Å². The Bertz CT molecular complexity index is 1680. The molecule has 3 heterocycles. The molecule has 1 aliphatic rings. The van der Waals surface area contributed by atoms with Gasteiger partial charge in [-0.1, -0.05) is 18.2 Å². The van der Waals surface area contributed by atoms with E-state index in [0.29, 0.717) is 48.7 Å². The molecule has 232 valence electrons. The lowest BCUT2D eigenvalue weighted by Gasteiger charge is -2.28. The lowest BCUT2D eigenvalue weighted by atomic mass is 10.1. The Kier molecular flexibility index (Phi) is 8.72. The van der Waals surface area contributed by atoms with Gasteiger partial charge >= 0.3 is 6.09 Å². The highest BCUT2D eigenvalue weighted by Crippen LogP contribution is 2.31. The van der Waals surface area contributed by atoms with E-state index >= 15 is 4.39 Å². The summed E-state index contributed by atoms with van der Waals surface area (Å²) in [5.41, 5.74) is 0.503. The summed E-state index contributed by atoms with van der Waals surface area (Å²) in [6.07, 6.45) is -3.60. The molecule has 2 aromatic heterocycles. The third kappa shape index (κ3) is 6.91. The molecule has 1 aliphatic heterocycles. The van der Waals surface area contributed by atoms with Gasteiger partial charge in [-0.25, -0.2) is 27.9 Å². The SMILES string of the molecule is CN(CC(=O)Nc1ccc(-c2cc(N3CCOCC3)nc(-n3c(C(F)F)nc4ccccc43)n2)cc1F)C(=O)OC(C)(C)C. The molecular formula is C30H32F3N7O4. The second-order valence-corrected chi connectivity index (χ2v) is 11.2. The molecule has 2 aromatic carbocycles. The van der Waals surface area contributed by atoms with Crippen molar-refractivity contribution in [3.8, 4) is 17.2 Å². The van der Waals surface area contributed by atoms with Gasteiger partial charge in [0, 0.05) is 31.8 Å². The fourth-order valence-electron chi connectivity index (χ4n) is 4.61. The van der Waals surface area contributed by atoms with Gasteiger partial charge in [0.1, 0.15) is 23.8 Å². The number of morpholine rings is 1. The van der Waals surface area contributed by atoms with Crippen LogP contribution < -0.4 is 10.2 Å². The number of carbonyl (C=O) groups is 2. The standard InChI is InChI=1S/C30H32F3N7O4/c1-30(2,3)44-29(42)38(4)17-25(41)34-20-10-9-18(15-19(20)31)22-16-24(39-11-13-43-14-12-39)37-28(36-22)40-23-8-6-5-7-21(23)35-27(40)26(32)33/h5-10,15-16,26H,11-14,17H2,1-4H3,(H,34,41). The molecule has 1 N–H and O–H groups in total.